The van der Waals surface area contributed by atoms with Gasteiger partial charge in [0, 0.05) is 38.3 Å². The van der Waals surface area contributed by atoms with Gasteiger partial charge in [-0.25, -0.2) is 0 Å². The molecule has 0 spiro atoms. The summed E-state index contributed by atoms with van der Waals surface area (Å²) < 4.78 is 10.7. The van der Waals surface area contributed by atoms with E-state index in [0.29, 0.717) is 24.8 Å². The summed E-state index contributed by atoms with van der Waals surface area (Å²) in [6, 6.07) is 0.644. The maximum atomic E-state index is 5.65. The Hall–Kier alpha value is -0.160. The predicted octanol–water partition coefficient (Wildman–Crippen LogP) is 1.50. The van der Waals surface area contributed by atoms with Gasteiger partial charge in [-0.15, -0.1) is 0 Å². The maximum absolute atomic E-state index is 5.65. The molecule has 2 atom stereocenters. The molecule has 1 saturated heterocycles. The largest absolute Gasteiger partial charge is 0.382 e. The van der Waals surface area contributed by atoms with E-state index in [0.717, 1.165) is 32.2 Å². The second-order valence-corrected chi connectivity index (χ2v) is 6.17. The maximum Gasteiger partial charge on any atom is 0.0700 e. The minimum Gasteiger partial charge on any atom is -0.382 e. The molecule has 0 bridgehead atoms. The van der Waals surface area contributed by atoms with Crippen molar-refractivity contribution in [2.24, 2.45) is 5.92 Å². The molecule has 2 aliphatic rings. The van der Waals surface area contributed by atoms with Crippen molar-refractivity contribution in [3.63, 3.8) is 0 Å². The van der Waals surface area contributed by atoms with E-state index in [1.54, 1.807) is 7.11 Å². The third-order valence-electron chi connectivity index (χ3n) is 4.80. The smallest absolute Gasteiger partial charge is 0.0700 e. The van der Waals surface area contributed by atoms with E-state index in [2.05, 4.69) is 24.1 Å². The van der Waals surface area contributed by atoms with E-state index in [1.807, 2.05) is 0 Å². The first-order valence-electron chi connectivity index (χ1n) is 7.75. The molecule has 0 aromatic carbocycles. The van der Waals surface area contributed by atoms with E-state index in [9.17, 15) is 0 Å². The van der Waals surface area contributed by atoms with E-state index >= 15 is 0 Å². The van der Waals surface area contributed by atoms with Crippen molar-refractivity contribution >= 4 is 0 Å². The molecule has 1 aliphatic heterocycles. The fraction of sp³-hybridized carbons (Fsp3) is 1.00. The highest BCUT2D eigenvalue weighted by Gasteiger charge is 2.47. The van der Waals surface area contributed by atoms with Gasteiger partial charge >= 0.3 is 0 Å². The first kappa shape index (κ1) is 15.2. The summed E-state index contributed by atoms with van der Waals surface area (Å²) in [6.45, 7) is 10.3. The molecular weight excluding hydrogens is 240 g/mol. The van der Waals surface area contributed by atoms with Crippen LogP contribution in [0.15, 0.2) is 0 Å². The van der Waals surface area contributed by atoms with Gasteiger partial charge in [-0.1, -0.05) is 6.92 Å². The molecule has 2 rings (SSSR count). The molecule has 1 aliphatic carbocycles. The highest BCUT2D eigenvalue weighted by atomic mass is 16.5. The molecular formula is C15H30N2O2. The molecule has 1 N–H and O–H groups in total. The van der Waals surface area contributed by atoms with E-state index < -0.39 is 0 Å². The molecule has 0 aromatic heterocycles. The second-order valence-electron chi connectivity index (χ2n) is 6.17. The average Bonchev–Trinajstić information content (AvgIpc) is 3.25. The number of hydrogen-bond acceptors (Lipinski definition) is 4. The lowest BCUT2D eigenvalue weighted by molar-refractivity contribution is -0.00162. The van der Waals surface area contributed by atoms with E-state index in [4.69, 9.17) is 9.47 Å². The lowest BCUT2D eigenvalue weighted by atomic mass is 9.89. The van der Waals surface area contributed by atoms with Gasteiger partial charge in [0.15, 0.2) is 0 Å². The SMILES string of the molecule is CCC1CN(CCOCCOC)C(C)(C2CC2)CN1. The van der Waals surface area contributed by atoms with Crippen molar-refractivity contribution in [1.29, 1.82) is 0 Å². The van der Waals surface area contributed by atoms with Crippen LogP contribution in [0.5, 0.6) is 0 Å². The topological polar surface area (TPSA) is 33.7 Å². The summed E-state index contributed by atoms with van der Waals surface area (Å²) in [4.78, 5) is 2.67. The van der Waals surface area contributed by atoms with Crippen molar-refractivity contribution in [3.05, 3.63) is 0 Å². The number of piperazine rings is 1. The Morgan fingerprint density at radius 1 is 1.26 bits per heavy atom. The van der Waals surface area contributed by atoms with Crippen LogP contribution in [0.25, 0.3) is 0 Å². The molecule has 4 heteroatoms. The van der Waals surface area contributed by atoms with Crippen LogP contribution >= 0.6 is 0 Å². The van der Waals surface area contributed by atoms with Gasteiger partial charge in [0.1, 0.15) is 0 Å². The summed E-state index contributed by atoms with van der Waals surface area (Å²) in [5, 5.41) is 3.72. The van der Waals surface area contributed by atoms with Crippen LogP contribution in [0.1, 0.15) is 33.1 Å². The summed E-state index contributed by atoms with van der Waals surface area (Å²) >= 11 is 0. The van der Waals surface area contributed by atoms with Crippen LogP contribution in [-0.2, 0) is 9.47 Å². The minimum atomic E-state index is 0.344. The van der Waals surface area contributed by atoms with Crippen molar-refractivity contribution in [2.45, 2.75) is 44.7 Å². The summed E-state index contributed by atoms with van der Waals surface area (Å²) in [6.07, 6.45) is 4.01. The van der Waals surface area contributed by atoms with Gasteiger partial charge in [0.05, 0.1) is 19.8 Å². The van der Waals surface area contributed by atoms with Crippen molar-refractivity contribution < 1.29 is 9.47 Å². The fourth-order valence-corrected chi connectivity index (χ4v) is 3.15. The van der Waals surface area contributed by atoms with Gasteiger partial charge < -0.3 is 14.8 Å². The zero-order chi connectivity index (χ0) is 13.7. The van der Waals surface area contributed by atoms with Gasteiger partial charge in [0.2, 0.25) is 0 Å². The molecule has 1 saturated carbocycles. The zero-order valence-electron chi connectivity index (χ0n) is 12.8. The number of hydrogen-bond donors (Lipinski definition) is 1. The highest BCUT2D eigenvalue weighted by molar-refractivity contribution is 5.04. The van der Waals surface area contributed by atoms with E-state index in [1.165, 1.54) is 19.3 Å². The molecule has 2 unspecified atom stereocenters. The van der Waals surface area contributed by atoms with Gasteiger partial charge in [0.25, 0.3) is 0 Å². The Kier molecular flexibility index (Phi) is 5.63. The molecule has 1 heterocycles. The summed E-state index contributed by atoms with van der Waals surface area (Å²) in [5.74, 6) is 0.886. The van der Waals surface area contributed by atoms with Crippen LogP contribution in [0.2, 0.25) is 0 Å². The van der Waals surface area contributed by atoms with Crippen molar-refractivity contribution in [1.82, 2.24) is 10.2 Å². The van der Waals surface area contributed by atoms with Crippen LogP contribution in [0.4, 0.5) is 0 Å². The first-order chi connectivity index (χ1) is 9.20. The third kappa shape index (κ3) is 3.91. The number of rotatable bonds is 8. The van der Waals surface area contributed by atoms with Crippen LogP contribution in [0.3, 0.4) is 0 Å². The highest BCUT2D eigenvalue weighted by Crippen LogP contribution is 2.43. The van der Waals surface area contributed by atoms with E-state index in [-0.39, 0.29) is 0 Å². The number of nitrogens with zero attached hydrogens (tertiary/aromatic N) is 1. The Labute approximate surface area is 117 Å². The monoisotopic (exact) mass is 270 g/mol. The van der Waals surface area contributed by atoms with Crippen LogP contribution in [0, 0.1) is 5.92 Å². The number of methoxy groups -OCH3 is 1. The quantitative estimate of drug-likeness (QED) is 0.678. The third-order valence-corrected chi connectivity index (χ3v) is 4.80. The Morgan fingerprint density at radius 2 is 2.05 bits per heavy atom. The van der Waals surface area contributed by atoms with Crippen LogP contribution in [-0.4, -0.2) is 63.0 Å². The molecule has 0 radical (unpaired) electrons. The molecule has 2 fully saturated rings. The number of ether oxygens (including phenoxy) is 2. The fourth-order valence-electron chi connectivity index (χ4n) is 3.15. The number of nitrogens with one attached hydrogen (secondary N) is 1. The van der Waals surface area contributed by atoms with Gasteiger partial charge in [-0.2, -0.15) is 0 Å². The first-order valence-corrected chi connectivity index (χ1v) is 7.75. The molecule has 4 nitrogen and oxygen atoms in total. The molecule has 0 aromatic rings. The van der Waals surface area contributed by atoms with Gasteiger partial charge in [-0.3, -0.25) is 4.90 Å². The average molecular weight is 270 g/mol. The Balaban J connectivity index is 1.81. The molecule has 0 amide bonds. The second kappa shape index (κ2) is 7.02. The summed E-state index contributed by atoms with van der Waals surface area (Å²) in [7, 11) is 1.72. The lowest BCUT2D eigenvalue weighted by Gasteiger charge is -2.48. The van der Waals surface area contributed by atoms with Crippen molar-refractivity contribution in [3.8, 4) is 0 Å². The summed E-state index contributed by atoms with van der Waals surface area (Å²) in [5.41, 5.74) is 0.344. The van der Waals surface area contributed by atoms with Gasteiger partial charge in [-0.05, 0) is 32.1 Å². The lowest BCUT2D eigenvalue weighted by Crippen LogP contribution is -2.64. The Morgan fingerprint density at radius 3 is 2.68 bits per heavy atom. The molecule has 19 heavy (non-hydrogen) atoms. The predicted molar refractivity (Wildman–Crippen MR) is 77.5 cm³/mol. The minimum absolute atomic E-state index is 0.344. The molecule has 112 valence electrons. The van der Waals surface area contributed by atoms with Crippen molar-refractivity contribution in [2.75, 3.05) is 46.6 Å². The normalized spacial score (nSPS) is 32.7. The Bertz CT molecular complexity index is 271. The standard InChI is InChI=1S/C15H30N2O2/c1-4-14-11-17(7-8-19-10-9-18-3)15(2,12-16-14)13-5-6-13/h13-14,16H,4-12H2,1-3H3. The van der Waals surface area contributed by atoms with Crippen LogP contribution < -0.4 is 5.32 Å². The zero-order valence-corrected chi connectivity index (χ0v) is 12.8.